The second-order valence-electron chi connectivity index (χ2n) is 9.51. The van der Waals surface area contributed by atoms with Gasteiger partial charge in [0.15, 0.2) is 5.82 Å². The Morgan fingerprint density at radius 2 is 2.12 bits per heavy atom. The van der Waals surface area contributed by atoms with Gasteiger partial charge in [0.05, 0.1) is 30.3 Å². The molecule has 1 aliphatic carbocycles. The third kappa shape index (κ3) is 4.06. The number of nitrogens with one attached hydrogen (secondary N) is 2. The minimum Gasteiger partial charge on any atom is -0.379 e. The number of likely N-dealkylation sites (N-methyl/N-ethyl adjacent to an activating group) is 1. The Morgan fingerprint density at radius 1 is 1.33 bits per heavy atom. The molecule has 8 nitrogen and oxygen atoms in total. The molecular weight excluding hydrogens is 416 g/mol. The van der Waals surface area contributed by atoms with Crippen LogP contribution in [0.2, 0.25) is 0 Å². The van der Waals surface area contributed by atoms with Gasteiger partial charge in [0.1, 0.15) is 5.69 Å². The summed E-state index contributed by atoms with van der Waals surface area (Å²) in [4.78, 5) is 25.6. The van der Waals surface area contributed by atoms with Crippen LogP contribution in [0.25, 0.3) is 22.6 Å². The second-order valence-corrected chi connectivity index (χ2v) is 9.51. The Labute approximate surface area is 194 Å². The van der Waals surface area contributed by atoms with Crippen molar-refractivity contribution in [3.63, 3.8) is 0 Å². The monoisotopic (exact) mass is 450 g/mol. The van der Waals surface area contributed by atoms with Crippen LogP contribution in [0.5, 0.6) is 0 Å². The van der Waals surface area contributed by atoms with Crippen LogP contribution in [-0.2, 0) is 22.4 Å². The standard InChI is InChI=1S/C25H34N6O2/c1-5-17-6-7-19-18(13-17)23(29-28-19)24-26-20-12-15(2)22(14-21(20)27-24)30(4)25(32)16(3)31-8-10-33-11-9-31/h12,14,16-17H,5-11,13H2,1-4H3,(H,26,27)(H,28,29)/t16-,17-/m0/s1. The molecule has 2 aliphatic rings. The highest BCUT2D eigenvalue weighted by molar-refractivity contribution is 5.99. The van der Waals surface area contributed by atoms with Crippen LogP contribution in [-0.4, -0.2) is 70.4 Å². The van der Waals surface area contributed by atoms with Gasteiger partial charge < -0.3 is 14.6 Å². The Hall–Kier alpha value is -2.71. The minimum absolute atomic E-state index is 0.0853. The van der Waals surface area contributed by atoms with E-state index in [2.05, 4.69) is 33.1 Å². The van der Waals surface area contributed by atoms with Crippen molar-refractivity contribution in [1.82, 2.24) is 25.1 Å². The van der Waals surface area contributed by atoms with Crippen molar-refractivity contribution in [2.75, 3.05) is 38.3 Å². The highest BCUT2D eigenvalue weighted by Gasteiger charge is 2.28. The Kier molecular flexibility index (Phi) is 5.97. The molecule has 1 amide bonds. The highest BCUT2D eigenvalue weighted by atomic mass is 16.5. The lowest BCUT2D eigenvalue weighted by atomic mass is 9.85. The predicted octanol–water partition coefficient (Wildman–Crippen LogP) is 3.46. The Balaban J connectivity index is 1.43. The molecule has 5 rings (SSSR count). The summed E-state index contributed by atoms with van der Waals surface area (Å²) in [5.74, 6) is 1.59. The Morgan fingerprint density at radius 3 is 2.88 bits per heavy atom. The van der Waals surface area contributed by atoms with Crippen LogP contribution < -0.4 is 4.90 Å². The number of benzene rings is 1. The molecular formula is C25H34N6O2. The quantitative estimate of drug-likeness (QED) is 0.621. The van der Waals surface area contributed by atoms with Crippen molar-refractivity contribution in [2.45, 2.75) is 52.5 Å². The van der Waals surface area contributed by atoms with Crippen LogP contribution in [0.3, 0.4) is 0 Å². The van der Waals surface area contributed by atoms with Crippen LogP contribution >= 0.6 is 0 Å². The molecule has 0 saturated carbocycles. The van der Waals surface area contributed by atoms with Gasteiger partial charge >= 0.3 is 0 Å². The van der Waals surface area contributed by atoms with Gasteiger partial charge in [-0.2, -0.15) is 5.10 Å². The summed E-state index contributed by atoms with van der Waals surface area (Å²) in [6, 6.07) is 3.91. The summed E-state index contributed by atoms with van der Waals surface area (Å²) >= 11 is 0. The highest BCUT2D eigenvalue weighted by Crippen LogP contribution is 2.34. The minimum atomic E-state index is -0.189. The first-order valence-corrected chi connectivity index (χ1v) is 12.1. The van der Waals surface area contributed by atoms with E-state index in [1.54, 1.807) is 4.90 Å². The fraction of sp³-hybridized carbons (Fsp3) is 0.560. The zero-order valence-electron chi connectivity index (χ0n) is 20.1. The van der Waals surface area contributed by atoms with E-state index in [-0.39, 0.29) is 11.9 Å². The zero-order valence-corrected chi connectivity index (χ0v) is 20.1. The van der Waals surface area contributed by atoms with E-state index in [1.807, 2.05) is 27.0 Å². The molecule has 1 aliphatic heterocycles. The number of amides is 1. The van der Waals surface area contributed by atoms with Crippen molar-refractivity contribution >= 4 is 22.6 Å². The lowest BCUT2D eigenvalue weighted by Crippen LogP contribution is -2.50. The van der Waals surface area contributed by atoms with E-state index in [0.717, 1.165) is 59.7 Å². The number of fused-ring (bicyclic) bond motifs is 2. The summed E-state index contributed by atoms with van der Waals surface area (Å²) in [5.41, 5.74) is 7.23. The summed E-state index contributed by atoms with van der Waals surface area (Å²) in [6.07, 6.45) is 4.52. The number of anilines is 1. The molecule has 33 heavy (non-hydrogen) atoms. The molecule has 1 aromatic carbocycles. The topological polar surface area (TPSA) is 90.1 Å². The summed E-state index contributed by atoms with van der Waals surface area (Å²) < 4.78 is 5.44. The number of aryl methyl sites for hydroxylation is 2. The fourth-order valence-electron chi connectivity index (χ4n) is 5.26. The number of aromatic nitrogens is 4. The average molecular weight is 451 g/mol. The molecule has 0 radical (unpaired) electrons. The number of nitrogens with zero attached hydrogens (tertiary/aromatic N) is 4. The number of aromatic amines is 2. The number of morpholine rings is 1. The number of ether oxygens (including phenoxy) is 1. The van der Waals surface area contributed by atoms with E-state index < -0.39 is 0 Å². The SMILES string of the molecule is CC[C@H]1CCc2[nH]nc(-c3nc4cc(N(C)C(=O)[C@H](C)N5CCOCC5)c(C)cc4[nH]3)c2C1. The third-order valence-corrected chi connectivity index (χ3v) is 7.49. The molecule has 1 saturated heterocycles. The van der Waals surface area contributed by atoms with E-state index >= 15 is 0 Å². The van der Waals surface area contributed by atoms with Gasteiger partial charge in [-0.05, 0) is 56.7 Å². The molecule has 2 N–H and O–H groups in total. The number of carbonyl (C=O) groups excluding carboxylic acids is 1. The first kappa shape index (κ1) is 22.1. The second kappa shape index (κ2) is 8.91. The molecule has 2 aromatic heterocycles. The van der Waals surface area contributed by atoms with Gasteiger partial charge in [0.2, 0.25) is 5.91 Å². The van der Waals surface area contributed by atoms with Crippen LogP contribution in [0.15, 0.2) is 12.1 Å². The summed E-state index contributed by atoms with van der Waals surface area (Å²) in [7, 11) is 1.86. The molecule has 176 valence electrons. The number of hydrogen-bond acceptors (Lipinski definition) is 5. The number of carbonyl (C=O) groups is 1. The molecule has 3 heterocycles. The summed E-state index contributed by atoms with van der Waals surface area (Å²) in [5, 5.41) is 7.85. The molecule has 3 aromatic rings. The normalized spacial score (nSPS) is 20.1. The summed E-state index contributed by atoms with van der Waals surface area (Å²) in [6.45, 7) is 9.22. The third-order valence-electron chi connectivity index (χ3n) is 7.49. The zero-order chi connectivity index (χ0) is 23.1. The molecule has 0 bridgehead atoms. The van der Waals surface area contributed by atoms with Gasteiger partial charge in [-0.25, -0.2) is 4.98 Å². The van der Waals surface area contributed by atoms with Crippen molar-refractivity contribution in [3.8, 4) is 11.5 Å². The molecule has 8 heteroatoms. The van der Waals surface area contributed by atoms with Gasteiger partial charge in [-0.3, -0.25) is 14.8 Å². The van der Waals surface area contributed by atoms with Gasteiger partial charge in [-0.1, -0.05) is 13.3 Å². The van der Waals surface area contributed by atoms with E-state index in [4.69, 9.17) is 9.72 Å². The average Bonchev–Trinajstić information content (AvgIpc) is 3.45. The van der Waals surface area contributed by atoms with E-state index in [9.17, 15) is 4.79 Å². The maximum Gasteiger partial charge on any atom is 0.243 e. The molecule has 0 spiro atoms. The first-order chi connectivity index (χ1) is 16.0. The fourth-order valence-corrected chi connectivity index (χ4v) is 5.26. The van der Waals surface area contributed by atoms with E-state index in [0.29, 0.717) is 19.1 Å². The predicted molar refractivity (Wildman–Crippen MR) is 129 cm³/mol. The molecule has 1 fully saturated rings. The smallest absolute Gasteiger partial charge is 0.243 e. The number of rotatable bonds is 5. The number of hydrogen-bond donors (Lipinski definition) is 2. The van der Waals surface area contributed by atoms with Gasteiger partial charge in [0, 0.05) is 37.1 Å². The number of imidazole rings is 1. The van der Waals surface area contributed by atoms with Crippen LogP contribution in [0.4, 0.5) is 5.69 Å². The first-order valence-electron chi connectivity index (χ1n) is 12.1. The number of H-pyrrole nitrogens is 2. The van der Waals surface area contributed by atoms with Crippen LogP contribution in [0, 0.1) is 12.8 Å². The largest absolute Gasteiger partial charge is 0.379 e. The van der Waals surface area contributed by atoms with Crippen molar-refractivity contribution in [2.24, 2.45) is 5.92 Å². The molecule has 2 atom stereocenters. The van der Waals surface area contributed by atoms with Crippen LogP contribution in [0.1, 0.15) is 43.5 Å². The van der Waals surface area contributed by atoms with Gasteiger partial charge in [0.25, 0.3) is 0 Å². The maximum absolute atomic E-state index is 13.2. The van der Waals surface area contributed by atoms with Crippen molar-refractivity contribution in [3.05, 3.63) is 29.0 Å². The maximum atomic E-state index is 13.2. The lowest BCUT2D eigenvalue weighted by Gasteiger charge is -2.33. The molecule has 0 unspecified atom stereocenters. The van der Waals surface area contributed by atoms with Crippen molar-refractivity contribution < 1.29 is 9.53 Å². The lowest BCUT2D eigenvalue weighted by molar-refractivity contribution is -0.124. The van der Waals surface area contributed by atoms with E-state index in [1.165, 1.54) is 24.1 Å². The Bertz CT molecular complexity index is 1160. The van der Waals surface area contributed by atoms with Crippen molar-refractivity contribution in [1.29, 1.82) is 0 Å². The van der Waals surface area contributed by atoms with Gasteiger partial charge in [-0.15, -0.1) is 0 Å².